The summed E-state index contributed by atoms with van der Waals surface area (Å²) >= 11 is 0. The lowest BCUT2D eigenvalue weighted by molar-refractivity contribution is -0.0753. The molecule has 0 radical (unpaired) electrons. The zero-order valence-electron chi connectivity index (χ0n) is 12.1. The van der Waals surface area contributed by atoms with E-state index in [0.717, 1.165) is 55.9 Å². The van der Waals surface area contributed by atoms with Crippen molar-refractivity contribution >= 4 is 10.7 Å². The van der Waals surface area contributed by atoms with Crippen LogP contribution in [0, 0.1) is 23.7 Å². The molecule has 0 aromatic heterocycles. The molecule has 0 aromatic carbocycles. The minimum Gasteiger partial charge on any atom is -0.297 e. The van der Waals surface area contributed by atoms with E-state index in [0.29, 0.717) is 0 Å². The first kappa shape index (κ1) is 13.5. The Kier molecular flexibility index (Phi) is 3.55. The van der Waals surface area contributed by atoms with Gasteiger partial charge in [0.25, 0.3) is 0 Å². The summed E-state index contributed by atoms with van der Waals surface area (Å²) in [5.41, 5.74) is 0. The average Bonchev–Trinajstić information content (AvgIpc) is 2.38. The summed E-state index contributed by atoms with van der Waals surface area (Å²) in [4.78, 5) is 4.81. The van der Waals surface area contributed by atoms with E-state index in [4.69, 9.17) is 0 Å². The van der Waals surface area contributed by atoms with Crippen molar-refractivity contribution in [2.45, 2.75) is 38.1 Å². The monoisotopic (exact) mass is 298 g/mol. The molecule has 4 nitrogen and oxygen atoms in total. The minimum absolute atomic E-state index is 0.255. The highest BCUT2D eigenvalue weighted by Gasteiger charge is 2.50. The van der Waals surface area contributed by atoms with Gasteiger partial charge in [-0.2, -0.15) is 0 Å². The fourth-order valence-electron chi connectivity index (χ4n) is 5.86. The third kappa shape index (κ3) is 2.42. The van der Waals surface area contributed by atoms with Crippen LogP contribution in [0.25, 0.3) is 0 Å². The van der Waals surface area contributed by atoms with Gasteiger partial charge in [0.15, 0.2) is 10.7 Å². The highest BCUT2D eigenvalue weighted by molar-refractivity contribution is 7.72. The van der Waals surface area contributed by atoms with Gasteiger partial charge >= 0.3 is 0 Å². The zero-order valence-corrected chi connectivity index (χ0v) is 13.0. The van der Waals surface area contributed by atoms with Crippen LogP contribution >= 0.6 is 0 Å². The Labute approximate surface area is 123 Å². The first-order valence-corrected chi connectivity index (χ1v) is 9.63. The topological polar surface area (TPSA) is 40.6 Å². The number of rotatable bonds is 3. The van der Waals surface area contributed by atoms with E-state index in [1.54, 1.807) is 0 Å². The SMILES string of the molecule is O=[SH](=O)CN1CCN(C2C3CC4CC(C3)CC2C4)CC1. The molecule has 1 aliphatic heterocycles. The van der Waals surface area contributed by atoms with E-state index in [1.165, 1.54) is 32.1 Å². The van der Waals surface area contributed by atoms with Gasteiger partial charge < -0.3 is 0 Å². The van der Waals surface area contributed by atoms with Crippen LogP contribution in [-0.2, 0) is 10.7 Å². The molecule has 4 saturated carbocycles. The minimum atomic E-state index is -2.25. The van der Waals surface area contributed by atoms with E-state index in [-0.39, 0.29) is 5.88 Å². The molecule has 0 aromatic rings. The number of piperazine rings is 1. The zero-order chi connectivity index (χ0) is 13.7. The quantitative estimate of drug-likeness (QED) is 0.789. The predicted octanol–water partition coefficient (Wildman–Crippen LogP) is 0.998. The first-order valence-electron chi connectivity index (χ1n) is 8.27. The summed E-state index contributed by atoms with van der Waals surface area (Å²) in [5, 5.41) is 0. The smallest absolute Gasteiger partial charge is 0.153 e. The van der Waals surface area contributed by atoms with Crippen molar-refractivity contribution in [1.29, 1.82) is 0 Å². The summed E-state index contributed by atoms with van der Waals surface area (Å²) < 4.78 is 21.7. The number of hydrogen-bond acceptors (Lipinski definition) is 4. The average molecular weight is 298 g/mol. The summed E-state index contributed by atoms with van der Waals surface area (Å²) in [5.74, 6) is 4.24. The molecule has 5 rings (SSSR count). The molecule has 5 heteroatoms. The fraction of sp³-hybridized carbons (Fsp3) is 1.00. The molecular weight excluding hydrogens is 272 g/mol. The maximum atomic E-state index is 10.8. The van der Waals surface area contributed by atoms with Gasteiger partial charge in [0.2, 0.25) is 0 Å². The molecule has 0 N–H and O–H groups in total. The first-order chi connectivity index (χ1) is 9.69. The van der Waals surface area contributed by atoms with Gasteiger partial charge in [-0.15, -0.1) is 0 Å². The van der Waals surface area contributed by atoms with E-state index >= 15 is 0 Å². The van der Waals surface area contributed by atoms with Gasteiger partial charge in [-0.1, -0.05) is 0 Å². The van der Waals surface area contributed by atoms with Crippen molar-refractivity contribution in [1.82, 2.24) is 9.80 Å². The van der Waals surface area contributed by atoms with Crippen LogP contribution in [0.3, 0.4) is 0 Å². The molecule has 114 valence electrons. The molecule has 5 fully saturated rings. The van der Waals surface area contributed by atoms with E-state index in [9.17, 15) is 8.42 Å². The number of nitrogens with zero attached hydrogens (tertiary/aromatic N) is 2. The summed E-state index contributed by atoms with van der Waals surface area (Å²) in [6.07, 6.45) is 7.42. The fourth-order valence-corrected chi connectivity index (χ4v) is 6.47. The molecule has 0 amide bonds. The van der Waals surface area contributed by atoms with Gasteiger partial charge in [-0.25, -0.2) is 8.42 Å². The van der Waals surface area contributed by atoms with Gasteiger partial charge in [0, 0.05) is 32.2 Å². The largest absolute Gasteiger partial charge is 0.297 e. The van der Waals surface area contributed by atoms with Crippen LogP contribution in [0.15, 0.2) is 0 Å². The third-order valence-corrected chi connectivity index (χ3v) is 6.95. The normalized spacial score (nSPS) is 45.4. The van der Waals surface area contributed by atoms with Crippen LogP contribution < -0.4 is 0 Å². The molecule has 1 heterocycles. The van der Waals surface area contributed by atoms with Crippen molar-refractivity contribution in [2.24, 2.45) is 23.7 Å². The maximum absolute atomic E-state index is 10.8. The van der Waals surface area contributed by atoms with Gasteiger partial charge in [0.1, 0.15) is 0 Å². The number of thiol groups is 1. The predicted molar refractivity (Wildman–Crippen MR) is 79.2 cm³/mol. The van der Waals surface area contributed by atoms with E-state index in [1.807, 2.05) is 0 Å². The van der Waals surface area contributed by atoms with Gasteiger partial charge in [-0.3, -0.25) is 9.80 Å². The standard InChI is InChI=1S/C15H26N2O2S/c18-20(19)10-16-1-3-17(4-2-16)15-13-6-11-5-12(8-13)9-14(15)7-11/h11-15,20H,1-10H2. The summed E-state index contributed by atoms with van der Waals surface area (Å²) in [6.45, 7) is 4.03. The Morgan fingerprint density at radius 3 is 1.85 bits per heavy atom. The second kappa shape index (κ2) is 5.25. The van der Waals surface area contributed by atoms with Crippen molar-refractivity contribution in [3.05, 3.63) is 0 Å². The van der Waals surface area contributed by atoms with E-state index < -0.39 is 10.7 Å². The van der Waals surface area contributed by atoms with Gasteiger partial charge in [-0.05, 0) is 55.8 Å². The Bertz CT molecular complexity index is 407. The maximum Gasteiger partial charge on any atom is 0.153 e. The molecule has 1 saturated heterocycles. The van der Waals surface area contributed by atoms with Crippen molar-refractivity contribution in [3.8, 4) is 0 Å². The summed E-state index contributed by atoms with van der Waals surface area (Å²) in [7, 11) is -2.25. The Balaban J connectivity index is 1.40. The van der Waals surface area contributed by atoms with Gasteiger partial charge in [0.05, 0.1) is 5.88 Å². The molecule has 4 aliphatic carbocycles. The number of hydrogen-bond donors (Lipinski definition) is 1. The highest BCUT2D eigenvalue weighted by atomic mass is 32.2. The lowest BCUT2D eigenvalue weighted by atomic mass is 9.54. The lowest BCUT2D eigenvalue weighted by Crippen LogP contribution is -2.60. The van der Waals surface area contributed by atoms with Crippen LogP contribution in [0.4, 0.5) is 0 Å². The molecule has 0 atom stereocenters. The van der Waals surface area contributed by atoms with Crippen molar-refractivity contribution in [3.63, 3.8) is 0 Å². The van der Waals surface area contributed by atoms with Crippen LogP contribution in [0.5, 0.6) is 0 Å². The molecule has 4 bridgehead atoms. The lowest BCUT2D eigenvalue weighted by Gasteiger charge is -2.58. The molecular formula is C15H26N2O2S. The van der Waals surface area contributed by atoms with Crippen LogP contribution in [0.1, 0.15) is 32.1 Å². The molecule has 0 unspecified atom stereocenters. The summed E-state index contributed by atoms with van der Waals surface area (Å²) in [6, 6.07) is 0.825. The Morgan fingerprint density at radius 2 is 1.35 bits per heavy atom. The molecule has 5 aliphatic rings. The second-order valence-corrected chi connectivity index (χ2v) is 8.50. The molecule has 0 spiro atoms. The van der Waals surface area contributed by atoms with Crippen molar-refractivity contribution in [2.75, 3.05) is 32.1 Å². The van der Waals surface area contributed by atoms with Crippen LogP contribution in [0.2, 0.25) is 0 Å². The molecule has 20 heavy (non-hydrogen) atoms. The van der Waals surface area contributed by atoms with E-state index in [2.05, 4.69) is 9.80 Å². The third-order valence-electron chi connectivity index (χ3n) is 6.32. The highest BCUT2D eigenvalue weighted by Crippen LogP contribution is 2.55. The second-order valence-electron chi connectivity index (χ2n) is 7.55. The Morgan fingerprint density at radius 1 is 0.800 bits per heavy atom. The Hall–Kier alpha value is -0.130. The van der Waals surface area contributed by atoms with Crippen LogP contribution in [-0.4, -0.2) is 56.3 Å². The van der Waals surface area contributed by atoms with Crippen molar-refractivity contribution < 1.29 is 8.42 Å².